The first-order valence-electron chi connectivity index (χ1n) is 12.5. The SMILES string of the molecule is C[C@@H](NC(=O)Cn1cnnn1)[C@H]1C(=O)N2C(C(=O)O)=C(SC3CNC(C(=O)N4CCNCC4)C3)[C@H](C)[C@@H]12. The minimum absolute atomic E-state index is 0.0179. The lowest BCUT2D eigenvalue weighted by Gasteiger charge is -2.47. The molecule has 3 saturated heterocycles. The van der Waals surface area contributed by atoms with Crippen LogP contribution < -0.4 is 16.0 Å². The third-order valence-electron chi connectivity index (χ3n) is 7.53. The molecular formula is C22H31N9O5S. The van der Waals surface area contributed by atoms with Crippen LogP contribution in [0.5, 0.6) is 0 Å². The molecule has 5 rings (SSSR count). The highest BCUT2D eigenvalue weighted by Crippen LogP contribution is 2.51. The van der Waals surface area contributed by atoms with Gasteiger partial charge in [-0.1, -0.05) is 6.92 Å². The number of tetrazole rings is 1. The van der Waals surface area contributed by atoms with Gasteiger partial charge in [0.2, 0.25) is 17.7 Å². The Morgan fingerprint density at radius 3 is 2.73 bits per heavy atom. The van der Waals surface area contributed by atoms with Crippen LogP contribution in [0.15, 0.2) is 16.9 Å². The Morgan fingerprint density at radius 2 is 2.05 bits per heavy atom. The molecule has 2 unspecified atom stereocenters. The Bertz CT molecular complexity index is 1110. The van der Waals surface area contributed by atoms with Gasteiger partial charge >= 0.3 is 5.97 Å². The average Bonchev–Trinajstić information content (AvgIpc) is 3.60. The van der Waals surface area contributed by atoms with Crippen molar-refractivity contribution in [1.82, 2.24) is 46.0 Å². The van der Waals surface area contributed by atoms with Crippen LogP contribution in [0.2, 0.25) is 0 Å². The summed E-state index contributed by atoms with van der Waals surface area (Å²) in [6, 6.07) is -1.13. The summed E-state index contributed by atoms with van der Waals surface area (Å²) in [7, 11) is 0. The first-order chi connectivity index (χ1) is 17.8. The Balaban J connectivity index is 1.23. The molecule has 3 amide bonds. The normalized spacial score (nSPS) is 30.2. The second kappa shape index (κ2) is 10.4. The van der Waals surface area contributed by atoms with Crippen LogP contribution in [-0.2, 0) is 25.7 Å². The van der Waals surface area contributed by atoms with Gasteiger partial charge in [-0.2, -0.15) is 0 Å². The molecule has 200 valence electrons. The van der Waals surface area contributed by atoms with E-state index in [0.717, 1.165) is 13.1 Å². The molecule has 0 aliphatic carbocycles. The number of fused-ring (bicyclic) bond motifs is 1. The number of carboxylic acid groups (broad SMARTS) is 1. The lowest BCUT2D eigenvalue weighted by molar-refractivity contribution is -0.158. The van der Waals surface area contributed by atoms with E-state index in [1.807, 2.05) is 11.8 Å². The Hall–Kier alpha value is -3.04. The molecule has 1 aromatic rings. The smallest absolute Gasteiger partial charge is 0.353 e. The van der Waals surface area contributed by atoms with Gasteiger partial charge in [-0.05, 0) is 23.8 Å². The van der Waals surface area contributed by atoms with Gasteiger partial charge in [0.1, 0.15) is 18.6 Å². The van der Waals surface area contributed by atoms with Gasteiger partial charge in [0, 0.05) is 54.8 Å². The van der Waals surface area contributed by atoms with E-state index in [-0.39, 0.29) is 53.2 Å². The largest absolute Gasteiger partial charge is 0.477 e. The number of carbonyl (C=O) groups is 4. The molecule has 5 heterocycles. The molecule has 14 nitrogen and oxygen atoms in total. The maximum atomic E-state index is 13.1. The zero-order valence-corrected chi connectivity index (χ0v) is 21.5. The van der Waals surface area contributed by atoms with E-state index in [9.17, 15) is 24.3 Å². The van der Waals surface area contributed by atoms with Crippen LogP contribution in [0.4, 0.5) is 0 Å². The van der Waals surface area contributed by atoms with E-state index >= 15 is 0 Å². The summed E-state index contributed by atoms with van der Waals surface area (Å²) < 4.78 is 1.28. The number of aromatic nitrogens is 4. The molecule has 4 aliphatic heterocycles. The number of carbonyl (C=O) groups excluding carboxylic acids is 3. The molecule has 0 spiro atoms. The molecule has 0 aromatic carbocycles. The topological polar surface area (TPSA) is 175 Å². The zero-order valence-electron chi connectivity index (χ0n) is 20.7. The van der Waals surface area contributed by atoms with Gasteiger partial charge in [0.25, 0.3) is 0 Å². The highest BCUT2D eigenvalue weighted by molar-refractivity contribution is 8.03. The van der Waals surface area contributed by atoms with Gasteiger partial charge in [0.05, 0.1) is 18.0 Å². The van der Waals surface area contributed by atoms with Crippen LogP contribution in [0, 0.1) is 11.8 Å². The number of thioether (sulfide) groups is 1. The fourth-order valence-electron chi connectivity index (χ4n) is 5.75. The number of piperazine rings is 1. The van der Waals surface area contributed by atoms with Gasteiger partial charge in [0.15, 0.2) is 0 Å². The van der Waals surface area contributed by atoms with Crippen LogP contribution in [0.3, 0.4) is 0 Å². The Kier molecular flexibility index (Phi) is 7.18. The van der Waals surface area contributed by atoms with Crippen molar-refractivity contribution in [2.24, 2.45) is 11.8 Å². The molecule has 37 heavy (non-hydrogen) atoms. The van der Waals surface area contributed by atoms with E-state index in [1.165, 1.54) is 27.7 Å². The van der Waals surface area contributed by atoms with Gasteiger partial charge in [-0.3, -0.25) is 14.4 Å². The van der Waals surface area contributed by atoms with Crippen molar-refractivity contribution in [1.29, 1.82) is 0 Å². The van der Waals surface area contributed by atoms with Crippen LogP contribution >= 0.6 is 11.8 Å². The zero-order chi connectivity index (χ0) is 26.3. The predicted octanol–water partition coefficient (Wildman–Crippen LogP) is -2.15. The third kappa shape index (κ3) is 4.82. The number of nitrogens with one attached hydrogen (secondary N) is 3. The second-order valence-corrected chi connectivity index (χ2v) is 11.2. The number of hydrogen-bond donors (Lipinski definition) is 4. The lowest BCUT2D eigenvalue weighted by Crippen LogP contribution is -2.66. The predicted molar refractivity (Wildman–Crippen MR) is 131 cm³/mol. The van der Waals surface area contributed by atoms with Crippen molar-refractivity contribution in [3.05, 3.63) is 16.9 Å². The standard InChI is InChI=1S/C22H31N9O5S/c1-11-17-16(12(2)26-15(32)9-30-10-25-27-28-30)21(34)31(17)18(22(35)36)19(11)37-13-7-14(24-8-13)20(33)29-5-3-23-4-6-29/h10-14,16-17,23-24H,3-9H2,1-2H3,(H,26,32)(H,35,36)/t11-,12-,13?,14?,16-,17+/m1/s1. The first kappa shape index (κ1) is 25.6. The van der Waals surface area contributed by atoms with Gasteiger partial charge in [-0.15, -0.1) is 16.9 Å². The molecule has 0 saturated carbocycles. The average molecular weight is 534 g/mol. The first-order valence-corrected chi connectivity index (χ1v) is 13.3. The fourth-order valence-corrected chi connectivity index (χ4v) is 7.23. The van der Waals surface area contributed by atoms with Crippen LogP contribution in [-0.4, -0.2) is 115 Å². The van der Waals surface area contributed by atoms with Gasteiger partial charge < -0.3 is 30.9 Å². The minimum Gasteiger partial charge on any atom is -0.477 e. The fraction of sp³-hybridized carbons (Fsp3) is 0.682. The molecule has 4 N–H and O–H groups in total. The highest BCUT2D eigenvalue weighted by atomic mass is 32.2. The van der Waals surface area contributed by atoms with Crippen molar-refractivity contribution in [3.63, 3.8) is 0 Å². The Labute approximate surface area is 217 Å². The molecule has 0 bridgehead atoms. The summed E-state index contributed by atoms with van der Waals surface area (Å²) in [5.41, 5.74) is 0.0212. The van der Waals surface area contributed by atoms with E-state index < -0.39 is 17.9 Å². The summed E-state index contributed by atoms with van der Waals surface area (Å²) >= 11 is 1.45. The summed E-state index contributed by atoms with van der Waals surface area (Å²) in [6.07, 6.45) is 1.92. The summed E-state index contributed by atoms with van der Waals surface area (Å²) in [5.74, 6) is -2.45. The molecule has 0 radical (unpaired) electrons. The quantitative estimate of drug-likeness (QED) is 0.268. The van der Waals surface area contributed by atoms with E-state index in [1.54, 1.807) is 6.92 Å². The van der Waals surface area contributed by atoms with Crippen molar-refractivity contribution in [2.75, 3.05) is 32.7 Å². The molecular weight excluding hydrogens is 502 g/mol. The molecule has 4 aliphatic rings. The molecule has 15 heteroatoms. The maximum Gasteiger partial charge on any atom is 0.353 e. The monoisotopic (exact) mass is 533 g/mol. The van der Waals surface area contributed by atoms with Crippen molar-refractivity contribution in [3.8, 4) is 0 Å². The number of hydrogen-bond acceptors (Lipinski definition) is 10. The van der Waals surface area contributed by atoms with Crippen LogP contribution in [0.1, 0.15) is 20.3 Å². The summed E-state index contributed by atoms with van der Waals surface area (Å²) in [6.45, 7) is 7.12. The van der Waals surface area contributed by atoms with Crippen LogP contribution in [0.25, 0.3) is 0 Å². The third-order valence-corrected chi connectivity index (χ3v) is 9.04. The lowest BCUT2D eigenvalue weighted by atomic mass is 9.78. The number of amides is 3. The number of nitrogens with zero attached hydrogens (tertiary/aromatic N) is 6. The Morgan fingerprint density at radius 1 is 1.30 bits per heavy atom. The molecule has 1 aromatic heterocycles. The maximum absolute atomic E-state index is 13.1. The molecule has 3 fully saturated rings. The second-order valence-electron chi connectivity index (χ2n) is 9.91. The minimum atomic E-state index is -1.14. The highest BCUT2D eigenvalue weighted by Gasteiger charge is 2.60. The number of rotatable bonds is 8. The van der Waals surface area contributed by atoms with Crippen molar-refractivity contribution in [2.45, 2.75) is 50.2 Å². The van der Waals surface area contributed by atoms with Gasteiger partial charge in [-0.25, -0.2) is 9.48 Å². The molecule has 6 atom stereocenters. The van der Waals surface area contributed by atoms with Crippen molar-refractivity contribution >= 4 is 35.5 Å². The van der Waals surface area contributed by atoms with E-state index in [2.05, 4.69) is 31.5 Å². The number of β-lactam (4-membered cyclic amide) rings is 1. The number of carboxylic acids is 1. The van der Waals surface area contributed by atoms with Crippen molar-refractivity contribution < 1.29 is 24.3 Å². The van der Waals surface area contributed by atoms with E-state index in [4.69, 9.17) is 0 Å². The summed E-state index contributed by atoms with van der Waals surface area (Å²) in [5, 5.41) is 30.1. The summed E-state index contributed by atoms with van der Waals surface area (Å²) in [4.78, 5) is 54.6. The van der Waals surface area contributed by atoms with E-state index in [0.29, 0.717) is 31.0 Å². The number of aliphatic carboxylic acids is 1.